The fraction of sp³-hybridized carbons (Fsp3) is 0.562. The molecule has 1 aromatic carbocycles. The van der Waals surface area contributed by atoms with Crippen molar-refractivity contribution in [2.24, 2.45) is 10.7 Å². The highest BCUT2D eigenvalue weighted by Gasteiger charge is 2.46. The normalized spacial score (nSPS) is 20.5. The van der Waals surface area contributed by atoms with Crippen molar-refractivity contribution in [1.29, 1.82) is 0 Å². The van der Waals surface area contributed by atoms with Crippen LogP contribution in [0.4, 0.5) is 8.78 Å². The Bertz CT molecular complexity index is 552. The average molecular weight is 421 g/mol. The zero-order valence-electron chi connectivity index (χ0n) is 12.4. The van der Waals surface area contributed by atoms with Gasteiger partial charge in [0.1, 0.15) is 11.6 Å². The maximum Gasteiger partial charge on any atom is 0.188 e. The minimum absolute atomic E-state index is 0. The summed E-state index contributed by atoms with van der Waals surface area (Å²) in [4.78, 5) is 4.38. The lowest BCUT2D eigenvalue weighted by molar-refractivity contribution is 0.548. The van der Waals surface area contributed by atoms with Crippen LogP contribution in [-0.2, 0) is 5.41 Å². The van der Waals surface area contributed by atoms with Crippen molar-refractivity contribution in [1.82, 2.24) is 5.32 Å². The zero-order valence-corrected chi connectivity index (χ0v) is 14.8. The molecule has 0 bridgehead atoms. The Kier molecular flexibility index (Phi) is 5.63. The molecule has 0 spiro atoms. The first-order chi connectivity index (χ1) is 10.1. The summed E-state index contributed by atoms with van der Waals surface area (Å²) in [5.41, 5.74) is 6.18. The largest absolute Gasteiger partial charge is 0.370 e. The Labute approximate surface area is 146 Å². The van der Waals surface area contributed by atoms with Crippen molar-refractivity contribution in [3.8, 4) is 0 Å². The lowest BCUT2D eigenvalue weighted by atomic mass is 9.95. The Hall–Kier alpha value is -0.920. The monoisotopic (exact) mass is 421 g/mol. The van der Waals surface area contributed by atoms with Crippen LogP contribution in [0.15, 0.2) is 23.2 Å². The van der Waals surface area contributed by atoms with Crippen LogP contribution in [0.5, 0.6) is 0 Å². The minimum atomic E-state index is -0.544. The summed E-state index contributed by atoms with van der Waals surface area (Å²) in [7, 11) is 0. The van der Waals surface area contributed by atoms with Gasteiger partial charge in [0.15, 0.2) is 5.96 Å². The number of guanidine groups is 1. The van der Waals surface area contributed by atoms with E-state index in [0.717, 1.165) is 31.7 Å². The average Bonchev–Trinajstić information content (AvgIpc) is 3.05. The summed E-state index contributed by atoms with van der Waals surface area (Å²) in [5.74, 6) is -0.585. The molecule has 0 heterocycles. The van der Waals surface area contributed by atoms with Crippen LogP contribution in [0, 0.1) is 11.6 Å². The molecule has 6 heteroatoms. The fourth-order valence-electron chi connectivity index (χ4n) is 3.14. The third kappa shape index (κ3) is 3.88. The number of benzene rings is 1. The van der Waals surface area contributed by atoms with E-state index in [0.29, 0.717) is 24.1 Å². The van der Waals surface area contributed by atoms with Crippen molar-refractivity contribution >= 4 is 29.9 Å². The summed E-state index contributed by atoms with van der Waals surface area (Å²) >= 11 is 0. The van der Waals surface area contributed by atoms with E-state index in [9.17, 15) is 8.78 Å². The highest BCUT2D eigenvalue weighted by atomic mass is 127. The van der Waals surface area contributed by atoms with Crippen LogP contribution >= 0.6 is 24.0 Å². The number of hydrogen-bond acceptors (Lipinski definition) is 1. The van der Waals surface area contributed by atoms with Crippen LogP contribution in [0.1, 0.15) is 44.1 Å². The van der Waals surface area contributed by atoms with E-state index < -0.39 is 11.6 Å². The molecule has 0 aliphatic heterocycles. The molecular formula is C16H22F2IN3. The lowest BCUT2D eigenvalue weighted by Gasteiger charge is -2.16. The highest BCUT2D eigenvalue weighted by molar-refractivity contribution is 14.0. The topological polar surface area (TPSA) is 50.4 Å². The summed E-state index contributed by atoms with van der Waals surface area (Å²) in [6.45, 7) is 0.459. The van der Waals surface area contributed by atoms with Gasteiger partial charge in [0.25, 0.3) is 0 Å². The lowest BCUT2D eigenvalue weighted by Crippen LogP contribution is -2.39. The van der Waals surface area contributed by atoms with Gasteiger partial charge < -0.3 is 11.1 Å². The summed E-state index contributed by atoms with van der Waals surface area (Å²) in [6, 6.07) is 4.21. The molecule has 2 fully saturated rings. The van der Waals surface area contributed by atoms with Crippen molar-refractivity contribution in [3.63, 3.8) is 0 Å². The molecule has 3 N–H and O–H groups in total. The first-order valence-electron chi connectivity index (χ1n) is 7.61. The molecule has 3 nitrogen and oxygen atoms in total. The van der Waals surface area contributed by atoms with Crippen molar-refractivity contribution in [2.75, 3.05) is 6.54 Å². The molecule has 0 atom stereocenters. The predicted molar refractivity (Wildman–Crippen MR) is 94.6 cm³/mol. The number of nitrogens with one attached hydrogen (secondary N) is 1. The molecular weight excluding hydrogens is 399 g/mol. The first kappa shape index (κ1) is 17.4. The van der Waals surface area contributed by atoms with Crippen molar-refractivity contribution < 1.29 is 8.78 Å². The molecule has 1 aromatic rings. The number of nitrogens with zero attached hydrogens (tertiary/aromatic N) is 1. The molecule has 3 rings (SSSR count). The molecule has 2 aliphatic rings. The van der Waals surface area contributed by atoms with E-state index in [1.165, 1.54) is 25.0 Å². The van der Waals surface area contributed by atoms with Gasteiger partial charge in [-0.15, -0.1) is 24.0 Å². The SMILES string of the molecule is I.NC(=NCC1(c2ccc(F)cc2F)CC1)NC1CCCC1. The summed E-state index contributed by atoms with van der Waals surface area (Å²) < 4.78 is 26.9. The van der Waals surface area contributed by atoms with E-state index in [1.807, 2.05) is 0 Å². The number of rotatable bonds is 4. The number of hydrogen-bond donors (Lipinski definition) is 2. The molecule has 2 aliphatic carbocycles. The van der Waals surface area contributed by atoms with E-state index in [-0.39, 0.29) is 29.4 Å². The van der Waals surface area contributed by atoms with Gasteiger partial charge in [-0.05, 0) is 37.3 Å². The molecule has 0 saturated heterocycles. The van der Waals surface area contributed by atoms with Crippen molar-refractivity contribution in [3.05, 3.63) is 35.4 Å². The van der Waals surface area contributed by atoms with E-state index in [2.05, 4.69) is 10.3 Å². The van der Waals surface area contributed by atoms with Gasteiger partial charge in [-0.25, -0.2) is 8.78 Å². The zero-order chi connectivity index (χ0) is 14.9. The Balaban J connectivity index is 0.00000176. The fourth-order valence-corrected chi connectivity index (χ4v) is 3.14. The van der Waals surface area contributed by atoms with Crippen LogP contribution < -0.4 is 11.1 Å². The second-order valence-corrected chi connectivity index (χ2v) is 6.23. The van der Waals surface area contributed by atoms with Crippen LogP contribution in [0.3, 0.4) is 0 Å². The maximum absolute atomic E-state index is 13.9. The van der Waals surface area contributed by atoms with E-state index in [1.54, 1.807) is 0 Å². The second kappa shape index (κ2) is 7.10. The quantitative estimate of drug-likeness (QED) is 0.445. The van der Waals surface area contributed by atoms with Gasteiger partial charge in [0.2, 0.25) is 0 Å². The maximum atomic E-state index is 13.9. The second-order valence-electron chi connectivity index (χ2n) is 6.23. The number of aliphatic imine (C=N–C) groups is 1. The van der Waals surface area contributed by atoms with Gasteiger partial charge in [0.05, 0.1) is 6.54 Å². The first-order valence-corrected chi connectivity index (χ1v) is 7.61. The molecule has 0 radical (unpaired) electrons. The van der Waals surface area contributed by atoms with Crippen LogP contribution in [0.25, 0.3) is 0 Å². The Morgan fingerprint density at radius 3 is 2.55 bits per heavy atom. The Morgan fingerprint density at radius 1 is 1.27 bits per heavy atom. The molecule has 0 unspecified atom stereocenters. The standard InChI is InChI=1S/C16H21F2N3.HI/c17-11-5-6-13(14(18)9-11)16(7-8-16)10-20-15(19)21-12-3-1-2-4-12;/h5-6,9,12H,1-4,7-8,10H2,(H3,19,20,21);1H. The number of halogens is 3. The molecule has 0 amide bonds. The van der Waals surface area contributed by atoms with Gasteiger partial charge in [-0.2, -0.15) is 0 Å². The molecule has 0 aromatic heterocycles. The Morgan fingerprint density at radius 2 is 1.95 bits per heavy atom. The summed E-state index contributed by atoms with van der Waals surface area (Å²) in [5, 5.41) is 3.23. The molecule has 122 valence electrons. The smallest absolute Gasteiger partial charge is 0.188 e. The van der Waals surface area contributed by atoms with Gasteiger partial charge >= 0.3 is 0 Å². The van der Waals surface area contributed by atoms with Gasteiger partial charge in [0, 0.05) is 17.5 Å². The third-order valence-electron chi connectivity index (χ3n) is 4.62. The number of nitrogens with two attached hydrogens (primary N) is 1. The highest BCUT2D eigenvalue weighted by Crippen LogP contribution is 2.49. The van der Waals surface area contributed by atoms with Crippen LogP contribution in [0.2, 0.25) is 0 Å². The van der Waals surface area contributed by atoms with Gasteiger partial charge in [-0.3, -0.25) is 4.99 Å². The van der Waals surface area contributed by atoms with Crippen LogP contribution in [-0.4, -0.2) is 18.5 Å². The predicted octanol–water partition coefficient (Wildman–Crippen LogP) is 3.46. The summed E-state index contributed by atoms with van der Waals surface area (Å²) in [6.07, 6.45) is 6.47. The van der Waals surface area contributed by atoms with E-state index >= 15 is 0 Å². The molecule has 2 saturated carbocycles. The van der Waals surface area contributed by atoms with Crippen molar-refractivity contribution in [2.45, 2.75) is 50.0 Å². The van der Waals surface area contributed by atoms with Gasteiger partial charge in [-0.1, -0.05) is 18.9 Å². The third-order valence-corrected chi connectivity index (χ3v) is 4.62. The van der Waals surface area contributed by atoms with E-state index in [4.69, 9.17) is 5.73 Å². The minimum Gasteiger partial charge on any atom is -0.370 e. The molecule has 22 heavy (non-hydrogen) atoms.